The van der Waals surface area contributed by atoms with E-state index in [1.165, 1.54) is 0 Å². The highest BCUT2D eigenvalue weighted by Gasteiger charge is 2.30. The van der Waals surface area contributed by atoms with Crippen molar-refractivity contribution in [3.63, 3.8) is 0 Å². The molecule has 6 nitrogen and oxygen atoms in total. The third kappa shape index (κ3) is 4.94. The van der Waals surface area contributed by atoms with E-state index in [9.17, 15) is 9.59 Å². The summed E-state index contributed by atoms with van der Waals surface area (Å²) in [6, 6.07) is 25.5. The number of aryl methyl sites for hydroxylation is 1. The van der Waals surface area contributed by atoms with E-state index in [-0.39, 0.29) is 11.5 Å². The van der Waals surface area contributed by atoms with Crippen molar-refractivity contribution >= 4 is 34.3 Å². The lowest BCUT2D eigenvalue weighted by Crippen LogP contribution is -2.39. The minimum Gasteiger partial charge on any atom is -0.366 e. The monoisotopic (exact) mass is 487 g/mol. The van der Waals surface area contributed by atoms with Crippen LogP contribution in [0.5, 0.6) is 0 Å². The van der Waals surface area contributed by atoms with Crippen molar-refractivity contribution in [2.45, 2.75) is 19.1 Å². The molecule has 2 amide bonds. The second kappa shape index (κ2) is 10.3. The Morgan fingerprint density at radius 3 is 2.26 bits per heavy atom. The first-order valence-corrected chi connectivity index (χ1v) is 11.7. The third-order valence-corrected chi connectivity index (χ3v) is 6.70. The van der Waals surface area contributed by atoms with Gasteiger partial charge in [0.05, 0.1) is 21.8 Å². The number of carbonyl (C=O) groups excluding carboxylic acids is 2. The van der Waals surface area contributed by atoms with Crippen LogP contribution in [0.15, 0.2) is 72.8 Å². The number of likely N-dealkylation sites (N-methyl/N-ethyl adjacent to an activating group) is 2. The molecule has 1 unspecified atom stereocenters. The van der Waals surface area contributed by atoms with Crippen LogP contribution in [0.2, 0.25) is 5.02 Å². The third-order valence-electron chi connectivity index (χ3n) is 6.29. The summed E-state index contributed by atoms with van der Waals surface area (Å²) in [6.45, 7) is 0.885. The number of primary amides is 1. The van der Waals surface area contributed by atoms with Gasteiger partial charge in [-0.25, -0.2) is 0 Å². The highest BCUT2D eigenvalue weighted by atomic mass is 35.5. The first kappa shape index (κ1) is 24.5. The molecule has 0 aliphatic rings. The molecule has 3 aromatic carbocycles. The van der Waals surface area contributed by atoms with E-state index >= 15 is 0 Å². The van der Waals surface area contributed by atoms with Crippen LogP contribution in [0.1, 0.15) is 33.2 Å². The Labute approximate surface area is 210 Å². The molecule has 0 bridgehead atoms. The fourth-order valence-electron chi connectivity index (χ4n) is 4.49. The summed E-state index contributed by atoms with van der Waals surface area (Å²) in [6.07, 6.45) is 0. The maximum Gasteiger partial charge on any atom is 0.250 e. The van der Waals surface area contributed by atoms with Gasteiger partial charge in [-0.3, -0.25) is 14.5 Å². The first-order valence-electron chi connectivity index (χ1n) is 11.3. The molecule has 1 heterocycles. The van der Waals surface area contributed by atoms with Crippen LogP contribution in [0, 0.1) is 6.07 Å². The SMILES string of the molecule is CN(Cc1ccccc1)C(=O)C(c1ccccc1)N(C)Cc1c(Cl)c2c(C(N)=O)[c]ccc2n1C. The largest absolute Gasteiger partial charge is 0.366 e. The Kier molecular flexibility index (Phi) is 7.24. The predicted octanol–water partition coefficient (Wildman–Crippen LogP) is 4.56. The molecular formula is C28H28ClN4O2. The molecule has 0 aliphatic carbocycles. The summed E-state index contributed by atoms with van der Waals surface area (Å²) in [5, 5.41) is 1.02. The van der Waals surface area contributed by atoms with Crippen LogP contribution in [0.4, 0.5) is 0 Å². The van der Waals surface area contributed by atoms with Gasteiger partial charge in [-0.2, -0.15) is 0 Å². The summed E-state index contributed by atoms with van der Waals surface area (Å²) in [4.78, 5) is 29.4. The fourth-order valence-corrected chi connectivity index (χ4v) is 4.87. The van der Waals surface area contributed by atoms with Gasteiger partial charge in [0.25, 0.3) is 0 Å². The van der Waals surface area contributed by atoms with Gasteiger partial charge < -0.3 is 15.2 Å². The lowest BCUT2D eigenvalue weighted by atomic mass is 10.0. The zero-order chi connectivity index (χ0) is 25.1. The van der Waals surface area contributed by atoms with E-state index in [1.54, 1.807) is 11.0 Å². The van der Waals surface area contributed by atoms with E-state index in [0.29, 0.717) is 23.5 Å². The van der Waals surface area contributed by atoms with Gasteiger partial charge in [0.2, 0.25) is 11.8 Å². The van der Waals surface area contributed by atoms with Gasteiger partial charge in [0, 0.05) is 32.6 Å². The summed E-state index contributed by atoms with van der Waals surface area (Å²) in [5.41, 5.74) is 9.35. The highest BCUT2D eigenvalue weighted by molar-refractivity contribution is 6.37. The van der Waals surface area contributed by atoms with Crippen molar-refractivity contribution < 1.29 is 9.59 Å². The minimum atomic E-state index is -0.581. The molecule has 0 saturated carbocycles. The van der Waals surface area contributed by atoms with Gasteiger partial charge in [0.1, 0.15) is 6.04 Å². The molecule has 2 N–H and O–H groups in total. The second-order valence-corrected chi connectivity index (χ2v) is 9.08. The zero-order valence-corrected chi connectivity index (χ0v) is 20.8. The molecule has 4 rings (SSSR count). The van der Waals surface area contributed by atoms with Crippen molar-refractivity contribution in [3.05, 3.63) is 106 Å². The van der Waals surface area contributed by atoms with E-state index in [1.807, 2.05) is 97.3 Å². The van der Waals surface area contributed by atoms with Gasteiger partial charge in [0.15, 0.2) is 0 Å². The topological polar surface area (TPSA) is 71.6 Å². The van der Waals surface area contributed by atoms with Gasteiger partial charge >= 0.3 is 0 Å². The van der Waals surface area contributed by atoms with Crippen molar-refractivity contribution in [2.24, 2.45) is 12.8 Å². The molecule has 0 fully saturated rings. The molecule has 0 spiro atoms. The van der Waals surface area contributed by atoms with Crippen molar-refractivity contribution in [2.75, 3.05) is 14.1 Å². The number of rotatable bonds is 8. The number of benzene rings is 3. The minimum absolute atomic E-state index is 0.0244. The smallest absolute Gasteiger partial charge is 0.250 e. The Bertz CT molecular complexity index is 1350. The molecule has 0 aliphatic heterocycles. The normalized spacial score (nSPS) is 12.1. The predicted molar refractivity (Wildman–Crippen MR) is 139 cm³/mol. The quantitative estimate of drug-likeness (QED) is 0.396. The highest BCUT2D eigenvalue weighted by Crippen LogP contribution is 2.34. The number of nitrogens with zero attached hydrogens (tertiary/aromatic N) is 3. The first-order chi connectivity index (χ1) is 16.8. The Morgan fingerprint density at radius 2 is 1.63 bits per heavy atom. The van der Waals surface area contributed by atoms with Crippen molar-refractivity contribution in [1.29, 1.82) is 0 Å². The molecule has 179 valence electrons. The number of nitrogens with two attached hydrogens (primary N) is 1. The van der Waals surface area contributed by atoms with Crippen LogP contribution in [0.25, 0.3) is 10.9 Å². The van der Waals surface area contributed by atoms with Gasteiger partial charge in [-0.1, -0.05) is 78.3 Å². The molecule has 1 aromatic heterocycles. The van der Waals surface area contributed by atoms with Crippen molar-refractivity contribution in [1.82, 2.24) is 14.4 Å². The molecule has 35 heavy (non-hydrogen) atoms. The zero-order valence-electron chi connectivity index (χ0n) is 20.0. The molecule has 1 atom stereocenters. The molecule has 4 aromatic rings. The average Bonchev–Trinajstić information content (AvgIpc) is 3.10. The summed E-state index contributed by atoms with van der Waals surface area (Å²) >= 11 is 6.79. The molecule has 7 heteroatoms. The number of amides is 2. The average molecular weight is 488 g/mol. The van der Waals surface area contributed by atoms with Crippen LogP contribution in [-0.4, -0.2) is 40.3 Å². The maximum atomic E-state index is 13.7. The lowest BCUT2D eigenvalue weighted by molar-refractivity contribution is -0.136. The molecule has 1 radical (unpaired) electrons. The van der Waals surface area contributed by atoms with Crippen LogP contribution in [0.3, 0.4) is 0 Å². The van der Waals surface area contributed by atoms with Crippen molar-refractivity contribution in [3.8, 4) is 0 Å². The Balaban J connectivity index is 1.69. The lowest BCUT2D eigenvalue weighted by Gasteiger charge is -2.31. The van der Waals surface area contributed by atoms with E-state index in [2.05, 4.69) is 6.07 Å². The standard InChI is InChI=1S/C28H28ClN4O2/c1-31(18-23-25(29)24-21(27(30)34)15-10-16-22(24)33(23)3)26(20-13-8-5-9-14-20)28(35)32(2)17-19-11-6-4-7-12-19/h4-14,16,26H,17-18H2,1-3H3,(H2,30,34). The Hall–Kier alpha value is -3.61. The van der Waals surface area contributed by atoms with Gasteiger partial charge in [-0.05, 0) is 30.3 Å². The van der Waals surface area contributed by atoms with E-state index in [0.717, 1.165) is 22.3 Å². The second-order valence-electron chi connectivity index (χ2n) is 8.71. The molecular weight excluding hydrogens is 460 g/mol. The summed E-state index contributed by atoms with van der Waals surface area (Å²) in [5.74, 6) is -0.605. The number of fused-ring (bicyclic) bond motifs is 1. The van der Waals surface area contributed by atoms with E-state index < -0.39 is 11.9 Å². The van der Waals surface area contributed by atoms with E-state index in [4.69, 9.17) is 17.3 Å². The number of hydrogen-bond acceptors (Lipinski definition) is 3. The maximum absolute atomic E-state index is 13.7. The number of aromatic nitrogens is 1. The Morgan fingerprint density at radius 1 is 1.00 bits per heavy atom. The summed E-state index contributed by atoms with van der Waals surface area (Å²) < 4.78 is 1.94. The number of halogens is 1. The van der Waals surface area contributed by atoms with Gasteiger partial charge in [-0.15, -0.1) is 0 Å². The summed E-state index contributed by atoms with van der Waals surface area (Å²) in [7, 11) is 5.61. The van der Waals surface area contributed by atoms with Crippen LogP contribution >= 0.6 is 11.6 Å². The molecule has 0 saturated heterocycles. The van der Waals surface area contributed by atoms with Crippen LogP contribution < -0.4 is 5.73 Å². The number of carbonyl (C=O) groups is 2. The fraction of sp³-hybridized carbons (Fsp3) is 0.214. The number of hydrogen-bond donors (Lipinski definition) is 1. The van der Waals surface area contributed by atoms with Crippen LogP contribution in [-0.2, 0) is 24.9 Å².